The van der Waals surface area contributed by atoms with Crippen LogP contribution in [0.5, 0.6) is 0 Å². The van der Waals surface area contributed by atoms with Gasteiger partial charge in [0.1, 0.15) is 0 Å². The second-order valence-corrected chi connectivity index (χ2v) is 6.87. The fraction of sp³-hybridized carbons (Fsp3) is 0.667. The molecule has 0 radical (unpaired) electrons. The molecule has 1 aromatic rings. The topological polar surface area (TPSA) is 40.5 Å². The van der Waals surface area contributed by atoms with Crippen LogP contribution in [-0.2, 0) is 12.8 Å². The molecule has 0 bridgehead atoms. The van der Waals surface area contributed by atoms with Crippen LogP contribution in [0.2, 0.25) is 0 Å². The number of hydrogen-bond acceptors (Lipinski definition) is 3. The van der Waals surface area contributed by atoms with Gasteiger partial charge in [-0.3, -0.25) is 4.79 Å². The van der Waals surface area contributed by atoms with Crippen LogP contribution in [0.25, 0.3) is 0 Å². The van der Waals surface area contributed by atoms with Crippen molar-refractivity contribution in [3.63, 3.8) is 0 Å². The van der Waals surface area contributed by atoms with Crippen molar-refractivity contribution < 1.29 is 9.90 Å². The number of aliphatic hydroxyl groups excluding tert-OH is 1. The Labute approximate surface area is 118 Å². The SMILES string of the molecule is O=C(c1cc2c(s1)CCCCCC2)N1CC(CO)C1. The molecule has 19 heavy (non-hydrogen) atoms. The molecule has 0 aromatic carbocycles. The molecule has 2 heterocycles. The van der Waals surface area contributed by atoms with Gasteiger partial charge in [-0.1, -0.05) is 12.8 Å². The smallest absolute Gasteiger partial charge is 0.263 e. The number of thiophene rings is 1. The lowest BCUT2D eigenvalue weighted by Crippen LogP contribution is -2.51. The van der Waals surface area contributed by atoms with Gasteiger partial charge in [0.05, 0.1) is 4.88 Å². The third-order valence-electron chi connectivity index (χ3n) is 4.21. The van der Waals surface area contributed by atoms with Crippen molar-refractivity contribution in [1.29, 1.82) is 0 Å². The Morgan fingerprint density at radius 2 is 2.00 bits per heavy atom. The molecule has 1 saturated heterocycles. The summed E-state index contributed by atoms with van der Waals surface area (Å²) in [6, 6.07) is 2.12. The molecule has 0 unspecified atom stereocenters. The monoisotopic (exact) mass is 279 g/mol. The summed E-state index contributed by atoms with van der Waals surface area (Å²) in [6.45, 7) is 1.64. The van der Waals surface area contributed by atoms with Crippen LogP contribution in [0.1, 0.15) is 45.8 Å². The normalized spacial score (nSPS) is 20.4. The predicted molar refractivity (Wildman–Crippen MR) is 76.7 cm³/mol. The van der Waals surface area contributed by atoms with Crippen molar-refractivity contribution in [2.24, 2.45) is 5.92 Å². The lowest BCUT2D eigenvalue weighted by Gasteiger charge is -2.37. The Bertz CT molecular complexity index is 437. The van der Waals surface area contributed by atoms with Gasteiger partial charge in [-0.2, -0.15) is 0 Å². The molecule has 104 valence electrons. The van der Waals surface area contributed by atoms with Gasteiger partial charge in [-0.25, -0.2) is 0 Å². The van der Waals surface area contributed by atoms with Crippen LogP contribution >= 0.6 is 11.3 Å². The highest BCUT2D eigenvalue weighted by Gasteiger charge is 2.31. The standard InChI is InChI=1S/C15H21NO2S/c17-10-11-8-16(9-11)15(18)14-7-12-5-3-1-2-4-6-13(12)19-14/h7,11,17H,1-6,8-10H2. The number of carbonyl (C=O) groups excluding carboxylic acids is 1. The number of carbonyl (C=O) groups is 1. The molecule has 0 atom stereocenters. The molecule has 1 fully saturated rings. The average Bonchev–Trinajstić information content (AvgIpc) is 2.70. The van der Waals surface area contributed by atoms with Gasteiger partial charge in [0.15, 0.2) is 0 Å². The number of rotatable bonds is 2. The maximum atomic E-state index is 12.3. The van der Waals surface area contributed by atoms with Crippen LogP contribution in [0, 0.1) is 5.92 Å². The Morgan fingerprint density at radius 1 is 1.26 bits per heavy atom. The Hall–Kier alpha value is -0.870. The summed E-state index contributed by atoms with van der Waals surface area (Å²) in [6.07, 6.45) is 7.45. The maximum absolute atomic E-state index is 12.3. The first-order valence-corrected chi connectivity index (χ1v) is 8.11. The van der Waals surface area contributed by atoms with Crippen LogP contribution in [0.3, 0.4) is 0 Å². The largest absolute Gasteiger partial charge is 0.396 e. The fourth-order valence-corrected chi connectivity index (χ4v) is 4.18. The van der Waals surface area contributed by atoms with Crippen LogP contribution in [-0.4, -0.2) is 35.6 Å². The van der Waals surface area contributed by atoms with E-state index >= 15 is 0 Å². The van der Waals surface area contributed by atoms with Gasteiger partial charge in [0.25, 0.3) is 5.91 Å². The summed E-state index contributed by atoms with van der Waals surface area (Å²) in [5, 5.41) is 9.02. The summed E-state index contributed by atoms with van der Waals surface area (Å²) >= 11 is 1.70. The molecule has 3 nitrogen and oxygen atoms in total. The summed E-state index contributed by atoms with van der Waals surface area (Å²) in [4.78, 5) is 16.5. The number of amides is 1. The van der Waals surface area contributed by atoms with Crippen molar-refractivity contribution in [1.82, 2.24) is 4.90 Å². The highest BCUT2D eigenvalue weighted by Crippen LogP contribution is 2.30. The van der Waals surface area contributed by atoms with Crippen molar-refractivity contribution in [2.45, 2.75) is 38.5 Å². The van der Waals surface area contributed by atoms with Crippen molar-refractivity contribution in [3.8, 4) is 0 Å². The van der Waals surface area contributed by atoms with E-state index in [0.29, 0.717) is 5.92 Å². The Kier molecular flexibility index (Phi) is 3.89. The molecular weight excluding hydrogens is 258 g/mol. The molecule has 0 saturated carbocycles. The highest BCUT2D eigenvalue weighted by molar-refractivity contribution is 7.14. The highest BCUT2D eigenvalue weighted by atomic mass is 32.1. The molecule has 1 aliphatic heterocycles. The van der Waals surface area contributed by atoms with E-state index in [1.165, 1.54) is 36.1 Å². The molecule has 2 aliphatic rings. The summed E-state index contributed by atoms with van der Waals surface area (Å²) in [5.41, 5.74) is 1.41. The molecule has 1 amide bonds. The molecule has 1 N–H and O–H groups in total. The minimum absolute atomic E-state index is 0.168. The fourth-order valence-electron chi connectivity index (χ4n) is 2.96. The van der Waals surface area contributed by atoms with Gasteiger partial charge >= 0.3 is 0 Å². The third-order valence-corrected chi connectivity index (χ3v) is 5.44. The third kappa shape index (κ3) is 2.70. The molecule has 3 rings (SSSR count). The molecule has 0 spiro atoms. The van der Waals surface area contributed by atoms with E-state index in [2.05, 4.69) is 6.07 Å². The molecule has 1 aliphatic carbocycles. The lowest BCUT2D eigenvalue weighted by atomic mass is 9.99. The minimum atomic E-state index is 0.168. The van der Waals surface area contributed by atoms with E-state index in [4.69, 9.17) is 5.11 Å². The van der Waals surface area contributed by atoms with E-state index in [9.17, 15) is 4.79 Å². The summed E-state index contributed by atoms with van der Waals surface area (Å²) in [5.74, 6) is 0.464. The number of aryl methyl sites for hydroxylation is 2. The minimum Gasteiger partial charge on any atom is -0.396 e. The van der Waals surface area contributed by atoms with Gasteiger partial charge in [-0.05, 0) is 37.3 Å². The van der Waals surface area contributed by atoms with E-state index < -0.39 is 0 Å². The predicted octanol–water partition coefficient (Wildman–Crippen LogP) is 2.47. The Balaban J connectivity index is 1.71. The second kappa shape index (κ2) is 5.63. The van der Waals surface area contributed by atoms with Crippen LogP contribution in [0.4, 0.5) is 0 Å². The second-order valence-electron chi connectivity index (χ2n) is 5.73. The number of fused-ring (bicyclic) bond motifs is 1. The van der Waals surface area contributed by atoms with Gasteiger partial charge in [0.2, 0.25) is 0 Å². The van der Waals surface area contributed by atoms with E-state index in [1.807, 2.05) is 4.90 Å². The number of likely N-dealkylation sites (tertiary alicyclic amines) is 1. The first-order valence-electron chi connectivity index (χ1n) is 7.29. The summed E-state index contributed by atoms with van der Waals surface area (Å²) < 4.78 is 0. The summed E-state index contributed by atoms with van der Waals surface area (Å²) in [7, 11) is 0. The zero-order valence-electron chi connectivity index (χ0n) is 11.2. The van der Waals surface area contributed by atoms with E-state index in [0.717, 1.165) is 30.8 Å². The van der Waals surface area contributed by atoms with Gasteiger partial charge in [0, 0.05) is 30.5 Å². The molecule has 4 heteroatoms. The van der Waals surface area contributed by atoms with E-state index in [-0.39, 0.29) is 12.5 Å². The number of aliphatic hydroxyl groups is 1. The van der Waals surface area contributed by atoms with Crippen LogP contribution in [0.15, 0.2) is 6.07 Å². The lowest BCUT2D eigenvalue weighted by molar-refractivity contribution is 0.0366. The maximum Gasteiger partial charge on any atom is 0.263 e. The first kappa shape index (κ1) is 13.1. The number of hydrogen-bond donors (Lipinski definition) is 1. The van der Waals surface area contributed by atoms with Gasteiger partial charge in [-0.15, -0.1) is 11.3 Å². The van der Waals surface area contributed by atoms with Crippen molar-refractivity contribution in [2.75, 3.05) is 19.7 Å². The quantitative estimate of drug-likeness (QED) is 0.903. The molecule has 1 aromatic heterocycles. The molecular formula is C15H21NO2S. The first-order chi connectivity index (χ1) is 9.28. The Morgan fingerprint density at radius 3 is 2.74 bits per heavy atom. The van der Waals surface area contributed by atoms with E-state index in [1.54, 1.807) is 11.3 Å². The number of nitrogens with zero attached hydrogens (tertiary/aromatic N) is 1. The average molecular weight is 279 g/mol. The van der Waals surface area contributed by atoms with Gasteiger partial charge < -0.3 is 10.0 Å². The van der Waals surface area contributed by atoms with Crippen molar-refractivity contribution >= 4 is 17.2 Å². The zero-order chi connectivity index (χ0) is 13.2. The zero-order valence-corrected chi connectivity index (χ0v) is 12.0. The van der Waals surface area contributed by atoms with Crippen molar-refractivity contribution in [3.05, 3.63) is 21.4 Å². The van der Waals surface area contributed by atoms with Crippen LogP contribution < -0.4 is 0 Å².